The Hall–Kier alpha value is -2.27. The molecule has 0 atom stereocenters. The summed E-state index contributed by atoms with van der Waals surface area (Å²) in [4.78, 5) is 14.9. The molecule has 3 aromatic heterocycles. The number of hydrogen-bond donors (Lipinski definition) is 0. The predicted octanol–water partition coefficient (Wildman–Crippen LogP) is 3.81. The molecule has 19 heavy (non-hydrogen) atoms. The molecule has 0 aliphatic rings. The predicted molar refractivity (Wildman–Crippen MR) is 75.2 cm³/mol. The Morgan fingerprint density at radius 3 is 2.95 bits per heavy atom. The minimum absolute atomic E-state index is 0.654. The Labute approximate surface area is 112 Å². The van der Waals surface area contributed by atoms with E-state index in [9.17, 15) is 0 Å². The maximum Gasteiger partial charge on any atom is 0.237 e. The highest BCUT2D eigenvalue weighted by atomic mass is 32.1. The minimum atomic E-state index is 0.654. The van der Waals surface area contributed by atoms with Gasteiger partial charge in [0.2, 0.25) is 5.89 Å². The zero-order valence-electron chi connectivity index (χ0n) is 10.1. The van der Waals surface area contributed by atoms with Gasteiger partial charge in [0.05, 0.1) is 4.88 Å². The third kappa shape index (κ3) is 1.55. The molecule has 4 aromatic rings. The van der Waals surface area contributed by atoms with Gasteiger partial charge in [-0.05, 0) is 24.6 Å². The molecule has 5 heteroatoms. The first kappa shape index (κ1) is 10.6. The smallest absolute Gasteiger partial charge is 0.237 e. The molecule has 0 aliphatic carbocycles. The second-order valence-electron chi connectivity index (χ2n) is 4.28. The van der Waals surface area contributed by atoms with Crippen LogP contribution in [0.25, 0.3) is 32.1 Å². The average Bonchev–Trinajstić information content (AvgIpc) is 3.00. The summed E-state index contributed by atoms with van der Waals surface area (Å²) in [6, 6.07) is 7.78. The van der Waals surface area contributed by atoms with Gasteiger partial charge in [0, 0.05) is 11.6 Å². The summed E-state index contributed by atoms with van der Waals surface area (Å²) in [5.41, 5.74) is 2.80. The molecule has 0 unspecified atom stereocenters. The topological polar surface area (TPSA) is 51.8 Å². The summed E-state index contributed by atoms with van der Waals surface area (Å²) in [5.74, 6) is 0.654. The van der Waals surface area contributed by atoms with Crippen molar-refractivity contribution in [2.45, 2.75) is 6.92 Å². The first-order chi connectivity index (χ1) is 9.33. The second kappa shape index (κ2) is 3.86. The number of hydrogen-bond acceptors (Lipinski definition) is 5. The van der Waals surface area contributed by atoms with Gasteiger partial charge in [-0.15, -0.1) is 11.3 Å². The Morgan fingerprint density at radius 1 is 1.21 bits per heavy atom. The largest absolute Gasteiger partial charge is 0.435 e. The third-order valence-electron chi connectivity index (χ3n) is 3.11. The number of thiophene rings is 1. The van der Waals surface area contributed by atoms with Crippen LogP contribution in [0.4, 0.5) is 0 Å². The van der Waals surface area contributed by atoms with Crippen LogP contribution in [0.5, 0.6) is 0 Å². The van der Waals surface area contributed by atoms with Crippen LogP contribution in [0.1, 0.15) is 5.56 Å². The quantitative estimate of drug-likeness (QED) is 0.526. The van der Waals surface area contributed by atoms with Crippen molar-refractivity contribution in [1.82, 2.24) is 15.0 Å². The molecule has 0 bridgehead atoms. The van der Waals surface area contributed by atoms with E-state index < -0.39 is 0 Å². The number of para-hydroxylation sites is 2. The number of fused-ring (bicyclic) bond motifs is 2. The van der Waals surface area contributed by atoms with Crippen LogP contribution in [-0.2, 0) is 0 Å². The van der Waals surface area contributed by atoms with Crippen molar-refractivity contribution >= 4 is 32.7 Å². The molecular weight excluding hydrogens is 258 g/mol. The van der Waals surface area contributed by atoms with Crippen LogP contribution >= 0.6 is 11.3 Å². The van der Waals surface area contributed by atoms with Crippen LogP contribution in [0.3, 0.4) is 0 Å². The van der Waals surface area contributed by atoms with Gasteiger partial charge in [-0.25, -0.2) is 15.0 Å². The summed E-state index contributed by atoms with van der Waals surface area (Å²) >= 11 is 1.58. The Kier molecular flexibility index (Phi) is 2.16. The lowest BCUT2D eigenvalue weighted by molar-refractivity contribution is 0.621. The van der Waals surface area contributed by atoms with Crippen molar-refractivity contribution in [2.75, 3.05) is 0 Å². The fourth-order valence-corrected chi connectivity index (χ4v) is 3.17. The lowest BCUT2D eigenvalue weighted by Gasteiger charge is -1.91. The molecule has 0 aliphatic heterocycles. The fourth-order valence-electron chi connectivity index (χ4n) is 2.13. The molecule has 0 radical (unpaired) electrons. The minimum Gasteiger partial charge on any atom is -0.435 e. The summed E-state index contributed by atoms with van der Waals surface area (Å²) < 4.78 is 5.82. The van der Waals surface area contributed by atoms with Gasteiger partial charge < -0.3 is 4.42 Å². The molecule has 1 aromatic carbocycles. The molecule has 92 valence electrons. The maximum atomic E-state index is 5.82. The van der Waals surface area contributed by atoms with Crippen LogP contribution in [-0.4, -0.2) is 15.0 Å². The van der Waals surface area contributed by atoms with Gasteiger partial charge in [-0.1, -0.05) is 12.1 Å². The highest BCUT2D eigenvalue weighted by molar-refractivity contribution is 7.22. The monoisotopic (exact) mass is 267 g/mol. The van der Waals surface area contributed by atoms with E-state index in [1.807, 2.05) is 37.4 Å². The lowest BCUT2D eigenvalue weighted by Crippen LogP contribution is -1.77. The molecule has 0 saturated carbocycles. The maximum absolute atomic E-state index is 5.82. The molecule has 0 saturated heterocycles. The molecule has 4 nitrogen and oxygen atoms in total. The number of aryl methyl sites for hydroxylation is 1. The van der Waals surface area contributed by atoms with Crippen LogP contribution in [0, 0.1) is 6.92 Å². The van der Waals surface area contributed by atoms with Crippen molar-refractivity contribution in [2.24, 2.45) is 0 Å². The van der Waals surface area contributed by atoms with E-state index in [1.165, 1.54) is 0 Å². The summed E-state index contributed by atoms with van der Waals surface area (Å²) in [6.45, 7) is 2.05. The lowest BCUT2D eigenvalue weighted by atomic mass is 10.2. The number of nitrogens with zero attached hydrogens (tertiary/aromatic N) is 3. The average molecular weight is 267 g/mol. The van der Waals surface area contributed by atoms with Gasteiger partial charge in [0.1, 0.15) is 16.7 Å². The van der Waals surface area contributed by atoms with Crippen molar-refractivity contribution in [3.63, 3.8) is 0 Å². The van der Waals surface area contributed by atoms with Crippen LogP contribution in [0.2, 0.25) is 0 Å². The zero-order chi connectivity index (χ0) is 12.8. The Morgan fingerprint density at radius 2 is 2.11 bits per heavy atom. The van der Waals surface area contributed by atoms with Crippen molar-refractivity contribution in [3.8, 4) is 10.8 Å². The Balaban J connectivity index is 2.01. The fraction of sp³-hybridized carbons (Fsp3) is 0.0714. The normalized spacial score (nSPS) is 11.4. The van der Waals surface area contributed by atoms with Gasteiger partial charge in [0.15, 0.2) is 5.58 Å². The molecule has 0 spiro atoms. The van der Waals surface area contributed by atoms with Crippen molar-refractivity contribution in [3.05, 3.63) is 42.4 Å². The third-order valence-corrected chi connectivity index (χ3v) is 4.31. The second-order valence-corrected chi connectivity index (χ2v) is 5.28. The zero-order valence-corrected chi connectivity index (χ0v) is 10.9. The summed E-state index contributed by atoms with van der Waals surface area (Å²) in [6.07, 6.45) is 3.40. The molecule has 0 amide bonds. The first-order valence-electron chi connectivity index (χ1n) is 5.88. The number of aromatic nitrogens is 3. The SMILES string of the molecule is Cc1c(-c2nc3ccccc3o2)sc2ncncc12. The van der Waals surface area contributed by atoms with E-state index in [4.69, 9.17) is 4.42 Å². The standard InChI is InChI=1S/C14H9N3OS/c1-8-9-6-15-7-16-14(9)19-12(8)13-17-10-4-2-3-5-11(10)18-13/h2-7H,1H3. The van der Waals surface area contributed by atoms with Crippen LogP contribution in [0.15, 0.2) is 41.2 Å². The molecule has 0 fully saturated rings. The van der Waals surface area contributed by atoms with E-state index >= 15 is 0 Å². The highest BCUT2D eigenvalue weighted by Crippen LogP contribution is 2.37. The van der Waals surface area contributed by atoms with Crippen molar-refractivity contribution in [1.29, 1.82) is 0 Å². The van der Waals surface area contributed by atoms with E-state index in [-0.39, 0.29) is 0 Å². The molecule has 3 heterocycles. The van der Waals surface area contributed by atoms with Crippen LogP contribution < -0.4 is 0 Å². The first-order valence-corrected chi connectivity index (χ1v) is 6.69. The summed E-state index contributed by atoms with van der Waals surface area (Å²) in [7, 11) is 0. The number of rotatable bonds is 1. The van der Waals surface area contributed by atoms with Gasteiger partial charge in [0.25, 0.3) is 0 Å². The van der Waals surface area contributed by atoms with Crippen molar-refractivity contribution < 1.29 is 4.42 Å². The van der Waals surface area contributed by atoms with Gasteiger partial charge in [-0.3, -0.25) is 0 Å². The number of oxazole rings is 1. The molecule has 4 rings (SSSR count). The van der Waals surface area contributed by atoms with E-state index in [0.29, 0.717) is 5.89 Å². The summed E-state index contributed by atoms with van der Waals surface area (Å²) in [5, 5.41) is 1.06. The van der Waals surface area contributed by atoms with E-state index in [1.54, 1.807) is 17.7 Å². The number of benzene rings is 1. The highest BCUT2D eigenvalue weighted by Gasteiger charge is 2.16. The molecule has 0 N–H and O–H groups in total. The molecular formula is C14H9N3OS. The Bertz CT molecular complexity index is 861. The van der Waals surface area contributed by atoms with Gasteiger partial charge >= 0.3 is 0 Å². The van der Waals surface area contributed by atoms with E-state index in [2.05, 4.69) is 15.0 Å². The van der Waals surface area contributed by atoms with Gasteiger partial charge in [-0.2, -0.15) is 0 Å². The van der Waals surface area contributed by atoms with E-state index in [0.717, 1.165) is 31.8 Å².